The van der Waals surface area contributed by atoms with Crippen molar-refractivity contribution < 1.29 is 4.79 Å². The molecule has 5 nitrogen and oxygen atoms in total. The number of hydrogen-bond donors (Lipinski definition) is 2. The Kier molecular flexibility index (Phi) is 4.01. The Morgan fingerprint density at radius 2 is 2.33 bits per heavy atom. The molecule has 0 atom stereocenters. The van der Waals surface area contributed by atoms with Gasteiger partial charge in [-0.15, -0.1) is 0 Å². The Bertz CT molecular complexity index is 436. The van der Waals surface area contributed by atoms with Crippen LogP contribution in [0.15, 0.2) is 0 Å². The monoisotopic (exact) mass is 250 g/mol. The van der Waals surface area contributed by atoms with E-state index in [2.05, 4.69) is 27.1 Å². The van der Waals surface area contributed by atoms with E-state index in [0.29, 0.717) is 6.54 Å². The highest BCUT2D eigenvalue weighted by molar-refractivity contribution is 5.76. The molecule has 1 aliphatic heterocycles. The zero-order chi connectivity index (χ0) is 13.1. The normalized spacial score (nSPS) is 14.7. The molecule has 2 rings (SSSR count). The van der Waals surface area contributed by atoms with Crippen molar-refractivity contribution >= 4 is 5.91 Å². The number of carbonyl (C=O) groups is 1. The van der Waals surface area contributed by atoms with Gasteiger partial charge in [-0.3, -0.25) is 4.79 Å². The van der Waals surface area contributed by atoms with Crippen LogP contribution < -0.4 is 10.6 Å². The van der Waals surface area contributed by atoms with E-state index in [1.54, 1.807) is 0 Å². The van der Waals surface area contributed by atoms with Crippen LogP contribution in [0.5, 0.6) is 0 Å². The molecule has 1 aromatic heterocycles. The molecule has 0 bridgehead atoms. The summed E-state index contributed by atoms with van der Waals surface area (Å²) in [5.41, 5.74) is 2.33. The van der Waals surface area contributed by atoms with Gasteiger partial charge in [0.25, 0.3) is 0 Å². The summed E-state index contributed by atoms with van der Waals surface area (Å²) < 4.78 is 2.09. The minimum absolute atomic E-state index is 0.0680. The lowest BCUT2D eigenvalue weighted by Crippen LogP contribution is -2.34. The van der Waals surface area contributed by atoms with Gasteiger partial charge in [0.05, 0.1) is 5.69 Å². The average molecular weight is 250 g/mol. The molecule has 0 saturated carbocycles. The summed E-state index contributed by atoms with van der Waals surface area (Å²) in [6.07, 6.45) is 1.82. The van der Waals surface area contributed by atoms with Gasteiger partial charge in [-0.05, 0) is 13.8 Å². The molecule has 0 radical (unpaired) electrons. The van der Waals surface area contributed by atoms with Crippen molar-refractivity contribution in [1.29, 1.82) is 0 Å². The molecule has 0 saturated heterocycles. The van der Waals surface area contributed by atoms with E-state index in [4.69, 9.17) is 0 Å². The lowest BCUT2D eigenvalue weighted by Gasteiger charge is -2.16. The van der Waals surface area contributed by atoms with Gasteiger partial charge in [0.1, 0.15) is 12.4 Å². The SMILES string of the molecule is CCc1nc2c(n1CC(=O)NC(C)C)CCNC2. The molecular formula is C13H22N4O. The molecule has 100 valence electrons. The van der Waals surface area contributed by atoms with E-state index in [-0.39, 0.29) is 11.9 Å². The summed E-state index contributed by atoms with van der Waals surface area (Å²) in [5.74, 6) is 1.08. The minimum Gasteiger partial charge on any atom is -0.352 e. The number of nitrogens with one attached hydrogen (secondary N) is 2. The van der Waals surface area contributed by atoms with E-state index >= 15 is 0 Å². The summed E-state index contributed by atoms with van der Waals surface area (Å²) in [6.45, 7) is 8.22. The third kappa shape index (κ3) is 2.72. The van der Waals surface area contributed by atoms with Crippen LogP contribution in [-0.2, 0) is 30.7 Å². The number of nitrogens with zero attached hydrogens (tertiary/aromatic N) is 2. The molecule has 1 aromatic rings. The van der Waals surface area contributed by atoms with Gasteiger partial charge < -0.3 is 15.2 Å². The molecule has 0 spiro atoms. The van der Waals surface area contributed by atoms with Gasteiger partial charge in [-0.1, -0.05) is 6.92 Å². The number of rotatable bonds is 4. The van der Waals surface area contributed by atoms with Crippen molar-refractivity contribution in [2.24, 2.45) is 0 Å². The van der Waals surface area contributed by atoms with Gasteiger partial charge in [-0.2, -0.15) is 0 Å². The minimum atomic E-state index is 0.0680. The number of hydrogen-bond acceptors (Lipinski definition) is 3. The molecule has 5 heteroatoms. The molecule has 0 aromatic carbocycles. The van der Waals surface area contributed by atoms with Crippen LogP contribution in [-0.4, -0.2) is 28.0 Å². The van der Waals surface area contributed by atoms with Crippen molar-refractivity contribution in [3.8, 4) is 0 Å². The maximum absolute atomic E-state index is 11.9. The van der Waals surface area contributed by atoms with E-state index < -0.39 is 0 Å². The van der Waals surface area contributed by atoms with Crippen molar-refractivity contribution in [3.05, 3.63) is 17.2 Å². The van der Waals surface area contributed by atoms with Gasteiger partial charge in [0.15, 0.2) is 0 Å². The van der Waals surface area contributed by atoms with Crippen molar-refractivity contribution in [3.63, 3.8) is 0 Å². The highest BCUT2D eigenvalue weighted by Crippen LogP contribution is 2.16. The standard InChI is InChI=1S/C13H22N4O/c1-4-12-16-10-7-14-6-5-11(10)17(12)8-13(18)15-9(2)3/h9,14H,4-8H2,1-3H3,(H,15,18). The maximum atomic E-state index is 11.9. The van der Waals surface area contributed by atoms with E-state index in [9.17, 15) is 4.79 Å². The predicted molar refractivity (Wildman–Crippen MR) is 70.3 cm³/mol. The smallest absolute Gasteiger partial charge is 0.240 e. The zero-order valence-corrected chi connectivity index (χ0v) is 11.4. The summed E-state index contributed by atoms with van der Waals surface area (Å²) in [6, 6.07) is 0.184. The maximum Gasteiger partial charge on any atom is 0.240 e. The number of imidazole rings is 1. The first kappa shape index (κ1) is 13.1. The predicted octanol–water partition coefficient (Wildman–Crippen LogP) is 0.616. The molecule has 2 N–H and O–H groups in total. The molecule has 1 aliphatic rings. The fourth-order valence-electron chi connectivity index (χ4n) is 2.39. The third-order valence-electron chi connectivity index (χ3n) is 3.13. The number of amides is 1. The van der Waals surface area contributed by atoms with Crippen LogP contribution in [0.1, 0.15) is 38.0 Å². The van der Waals surface area contributed by atoms with Gasteiger partial charge >= 0.3 is 0 Å². The quantitative estimate of drug-likeness (QED) is 0.823. The van der Waals surface area contributed by atoms with E-state index in [0.717, 1.165) is 37.4 Å². The first-order valence-corrected chi connectivity index (χ1v) is 6.69. The Morgan fingerprint density at radius 3 is 3.00 bits per heavy atom. The lowest BCUT2D eigenvalue weighted by molar-refractivity contribution is -0.122. The first-order valence-electron chi connectivity index (χ1n) is 6.69. The molecule has 1 amide bonds. The number of aromatic nitrogens is 2. The Balaban J connectivity index is 2.20. The lowest BCUT2D eigenvalue weighted by atomic mass is 10.2. The molecular weight excluding hydrogens is 228 g/mol. The van der Waals surface area contributed by atoms with E-state index in [1.807, 2.05) is 13.8 Å². The number of carbonyl (C=O) groups excluding carboxylic acids is 1. The topological polar surface area (TPSA) is 59.0 Å². The molecule has 2 heterocycles. The Hall–Kier alpha value is -1.36. The summed E-state index contributed by atoms with van der Waals surface area (Å²) in [7, 11) is 0. The largest absolute Gasteiger partial charge is 0.352 e. The van der Waals surface area contributed by atoms with Crippen molar-refractivity contribution in [2.75, 3.05) is 6.54 Å². The fourth-order valence-corrected chi connectivity index (χ4v) is 2.39. The second-order valence-electron chi connectivity index (χ2n) is 5.01. The second kappa shape index (κ2) is 5.52. The van der Waals surface area contributed by atoms with Crippen LogP contribution in [0, 0.1) is 0 Å². The van der Waals surface area contributed by atoms with Gasteiger partial charge in [0.2, 0.25) is 5.91 Å². The highest BCUT2D eigenvalue weighted by atomic mass is 16.2. The second-order valence-corrected chi connectivity index (χ2v) is 5.01. The summed E-state index contributed by atoms with van der Waals surface area (Å²) >= 11 is 0. The molecule has 0 fully saturated rings. The molecule has 0 unspecified atom stereocenters. The van der Waals surface area contributed by atoms with Crippen LogP contribution in [0.2, 0.25) is 0 Å². The average Bonchev–Trinajstić information content (AvgIpc) is 2.66. The van der Waals surface area contributed by atoms with Crippen LogP contribution in [0.4, 0.5) is 0 Å². The van der Waals surface area contributed by atoms with Crippen LogP contribution in [0.3, 0.4) is 0 Å². The fraction of sp³-hybridized carbons (Fsp3) is 0.692. The highest BCUT2D eigenvalue weighted by Gasteiger charge is 2.20. The molecule has 18 heavy (non-hydrogen) atoms. The van der Waals surface area contributed by atoms with Crippen molar-refractivity contribution in [1.82, 2.24) is 20.2 Å². The van der Waals surface area contributed by atoms with Crippen LogP contribution >= 0.6 is 0 Å². The van der Waals surface area contributed by atoms with Gasteiger partial charge in [0, 0.05) is 37.7 Å². The zero-order valence-electron chi connectivity index (χ0n) is 11.4. The van der Waals surface area contributed by atoms with Crippen LogP contribution in [0.25, 0.3) is 0 Å². The summed E-state index contributed by atoms with van der Waals surface area (Å²) in [4.78, 5) is 16.5. The van der Waals surface area contributed by atoms with E-state index in [1.165, 1.54) is 5.69 Å². The number of aryl methyl sites for hydroxylation is 1. The van der Waals surface area contributed by atoms with Crippen molar-refractivity contribution in [2.45, 2.75) is 52.7 Å². The summed E-state index contributed by atoms with van der Waals surface area (Å²) in [5, 5.41) is 6.25. The first-order chi connectivity index (χ1) is 8.61. The number of fused-ring (bicyclic) bond motifs is 1. The molecule has 0 aliphatic carbocycles. The Labute approximate surface area is 108 Å². The Morgan fingerprint density at radius 1 is 1.56 bits per heavy atom. The third-order valence-corrected chi connectivity index (χ3v) is 3.13. The van der Waals surface area contributed by atoms with Gasteiger partial charge in [-0.25, -0.2) is 4.98 Å².